The van der Waals surface area contributed by atoms with Crippen molar-refractivity contribution < 1.29 is 13.2 Å². The van der Waals surface area contributed by atoms with Gasteiger partial charge in [-0.3, -0.25) is 4.79 Å². The predicted molar refractivity (Wildman–Crippen MR) is 82.4 cm³/mol. The maximum atomic E-state index is 12.0. The van der Waals surface area contributed by atoms with Crippen molar-refractivity contribution in [3.63, 3.8) is 0 Å². The second-order valence-electron chi connectivity index (χ2n) is 6.07. The van der Waals surface area contributed by atoms with Gasteiger partial charge in [-0.2, -0.15) is 0 Å². The summed E-state index contributed by atoms with van der Waals surface area (Å²) < 4.78 is 22.7. The lowest BCUT2D eigenvalue weighted by atomic mass is 10.0. The Kier molecular flexibility index (Phi) is 4.68. The Bertz CT molecular complexity index is 595. The Morgan fingerprint density at radius 3 is 2.48 bits per heavy atom. The fraction of sp³-hybridized carbons (Fsp3) is 0.533. The average molecular weight is 310 g/mol. The van der Waals surface area contributed by atoms with Gasteiger partial charge in [-0.25, -0.2) is 8.42 Å². The first kappa shape index (κ1) is 16.0. The van der Waals surface area contributed by atoms with Crippen molar-refractivity contribution in [2.24, 2.45) is 11.1 Å². The molecule has 1 aromatic rings. The van der Waals surface area contributed by atoms with Crippen LogP contribution in [0.15, 0.2) is 30.3 Å². The highest BCUT2D eigenvalue weighted by Crippen LogP contribution is 2.49. The number of nitrogens with two attached hydrogens (primary N) is 1. The van der Waals surface area contributed by atoms with Gasteiger partial charge in [0.1, 0.15) is 9.84 Å². The van der Waals surface area contributed by atoms with Crippen molar-refractivity contribution in [1.82, 2.24) is 5.32 Å². The van der Waals surface area contributed by atoms with Crippen LogP contribution in [0.25, 0.3) is 0 Å². The van der Waals surface area contributed by atoms with Gasteiger partial charge in [0.2, 0.25) is 5.91 Å². The topological polar surface area (TPSA) is 89.3 Å². The highest BCUT2D eigenvalue weighted by atomic mass is 32.2. The summed E-state index contributed by atoms with van der Waals surface area (Å²) in [5.74, 6) is -0.0273. The Labute approximate surface area is 125 Å². The second-order valence-corrected chi connectivity index (χ2v) is 8.21. The van der Waals surface area contributed by atoms with Crippen molar-refractivity contribution in [2.75, 3.05) is 18.6 Å². The summed E-state index contributed by atoms with van der Waals surface area (Å²) >= 11 is 0. The van der Waals surface area contributed by atoms with Crippen LogP contribution in [0, 0.1) is 5.41 Å². The van der Waals surface area contributed by atoms with Gasteiger partial charge in [0.25, 0.3) is 0 Å². The molecule has 1 unspecified atom stereocenters. The van der Waals surface area contributed by atoms with E-state index in [2.05, 4.69) is 5.32 Å². The molecule has 0 saturated heterocycles. The van der Waals surface area contributed by atoms with E-state index in [0.717, 1.165) is 18.4 Å². The van der Waals surface area contributed by atoms with Crippen LogP contribution >= 0.6 is 0 Å². The number of hydrogen-bond acceptors (Lipinski definition) is 4. The number of carbonyl (C=O) groups is 1. The zero-order valence-electron chi connectivity index (χ0n) is 12.2. The van der Waals surface area contributed by atoms with Gasteiger partial charge >= 0.3 is 0 Å². The first-order chi connectivity index (χ1) is 9.80. The normalized spacial score (nSPS) is 18.0. The SMILES string of the molecule is CS(=O)(=O)CC1(CC(=O)NCC(N)c2ccccc2)CC1. The minimum Gasteiger partial charge on any atom is -0.354 e. The number of hydrogen-bond donors (Lipinski definition) is 2. The van der Waals surface area contributed by atoms with E-state index in [4.69, 9.17) is 5.73 Å². The highest BCUT2D eigenvalue weighted by Gasteiger charge is 2.46. The van der Waals surface area contributed by atoms with Crippen LogP contribution in [0.2, 0.25) is 0 Å². The molecule has 0 aliphatic heterocycles. The van der Waals surface area contributed by atoms with E-state index in [-0.39, 0.29) is 29.5 Å². The zero-order chi connectivity index (χ0) is 15.5. The summed E-state index contributed by atoms with van der Waals surface area (Å²) in [6.45, 7) is 0.359. The first-order valence-corrected chi connectivity index (χ1v) is 9.11. The van der Waals surface area contributed by atoms with Crippen LogP contribution in [0.4, 0.5) is 0 Å². The molecule has 0 aromatic heterocycles. The van der Waals surface area contributed by atoms with Gasteiger partial charge < -0.3 is 11.1 Å². The minimum absolute atomic E-state index is 0.0954. The maximum Gasteiger partial charge on any atom is 0.220 e. The summed E-state index contributed by atoms with van der Waals surface area (Å²) in [5, 5.41) is 2.80. The van der Waals surface area contributed by atoms with E-state index in [1.54, 1.807) is 0 Å². The predicted octanol–water partition coefficient (Wildman–Crippen LogP) is 1.02. The summed E-state index contributed by atoms with van der Waals surface area (Å²) in [6.07, 6.45) is 3.09. The summed E-state index contributed by atoms with van der Waals surface area (Å²) in [6, 6.07) is 9.31. The molecular formula is C15H22N2O3S. The molecule has 1 amide bonds. The van der Waals surface area contributed by atoms with Gasteiger partial charge in [-0.05, 0) is 23.8 Å². The van der Waals surface area contributed by atoms with Crippen molar-refractivity contribution >= 4 is 15.7 Å². The number of benzene rings is 1. The van der Waals surface area contributed by atoms with Crippen LogP contribution in [-0.2, 0) is 14.6 Å². The van der Waals surface area contributed by atoms with Crippen molar-refractivity contribution in [2.45, 2.75) is 25.3 Å². The summed E-state index contributed by atoms with van der Waals surface area (Å²) in [7, 11) is -3.04. The van der Waals surface area contributed by atoms with E-state index in [9.17, 15) is 13.2 Å². The third-order valence-corrected chi connectivity index (χ3v) is 4.94. The molecule has 1 atom stereocenters. The van der Waals surface area contributed by atoms with Crippen molar-refractivity contribution in [1.29, 1.82) is 0 Å². The lowest BCUT2D eigenvalue weighted by Crippen LogP contribution is -2.34. The van der Waals surface area contributed by atoms with E-state index in [1.165, 1.54) is 6.26 Å². The molecular weight excluding hydrogens is 288 g/mol. The standard InChI is InChI=1S/C15H22N2O3S/c1-21(19,20)11-15(7-8-15)9-14(18)17-10-13(16)12-5-3-2-4-6-12/h2-6,13H,7-11,16H2,1H3,(H,17,18). The van der Waals surface area contributed by atoms with Crippen LogP contribution in [-0.4, -0.2) is 32.9 Å². The van der Waals surface area contributed by atoms with Gasteiger partial charge in [0.15, 0.2) is 0 Å². The van der Waals surface area contributed by atoms with Gasteiger partial charge in [0, 0.05) is 25.3 Å². The molecule has 0 heterocycles. The fourth-order valence-electron chi connectivity index (χ4n) is 2.55. The minimum atomic E-state index is -3.04. The average Bonchev–Trinajstić information content (AvgIpc) is 3.13. The molecule has 21 heavy (non-hydrogen) atoms. The molecule has 5 nitrogen and oxygen atoms in total. The molecule has 116 valence electrons. The number of carbonyl (C=O) groups excluding carboxylic acids is 1. The fourth-order valence-corrected chi connectivity index (χ4v) is 4.05. The molecule has 0 bridgehead atoms. The first-order valence-electron chi connectivity index (χ1n) is 7.05. The molecule has 0 spiro atoms. The third kappa shape index (κ3) is 5.13. The smallest absolute Gasteiger partial charge is 0.220 e. The molecule has 6 heteroatoms. The van der Waals surface area contributed by atoms with Gasteiger partial charge in [0.05, 0.1) is 5.75 Å². The molecule has 1 aromatic carbocycles. The van der Waals surface area contributed by atoms with E-state index >= 15 is 0 Å². The van der Waals surface area contributed by atoms with Crippen molar-refractivity contribution in [3.8, 4) is 0 Å². The van der Waals surface area contributed by atoms with Crippen LogP contribution in [0.3, 0.4) is 0 Å². The van der Waals surface area contributed by atoms with Gasteiger partial charge in [-0.1, -0.05) is 30.3 Å². The van der Waals surface area contributed by atoms with E-state index in [0.29, 0.717) is 6.54 Å². The quantitative estimate of drug-likeness (QED) is 0.787. The van der Waals surface area contributed by atoms with Crippen LogP contribution < -0.4 is 11.1 Å². The highest BCUT2D eigenvalue weighted by molar-refractivity contribution is 7.90. The Morgan fingerprint density at radius 1 is 1.33 bits per heavy atom. The van der Waals surface area contributed by atoms with E-state index < -0.39 is 9.84 Å². The lowest BCUT2D eigenvalue weighted by Gasteiger charge is -2.16. The van der Waals surface area contributed by atoms with Crippen molar-refractivity contribution in [3.05, 3.63) is 35.9 Å². The van der Waals surface area contributed by atoms with Gasteiger partial charge in [-0.15, -0.1) is 0 Å². The molecule has 1 fully saturated rings. The zero-order valence-corrected chi connectivity index (χ0v) is 13.0. The third-order valence-electron chi connectivity index (χ3n) is 3.81. The summed E-state index contributed by atoms with van der Waals surface area (Å²) in [4.78, 5) is 12.0. The monoisotopic (exact) mass is 310 g/mol. The summed E-state index contributed by atoms with van der Waals surface area (Å²) in [5.41, 5.74) is 6.64. The Morgan fingerprint density at radius 2 is 1.95 bits per heavy atom. The van der Waals surface area contributed by atoms with Crippen LogP contribution in [0.5, 0.6) is 0 Å². The lowest BCUT2D eigenvalue weighted by molar-refractivity contribution is -0.122. The molecule has 1 saturated carbocycles. The molecule has 0 radical (unpaired) electrons. The Hall–Kier alpha value is -1.40. The molecule has 3 N–H and O–H groups in total. The molecule has 1 aliphatic carbocycles. The van der Waals surface area contributed by atoms with Crippen LogP contribution in [0.1, 0.15) is 30.9 Å². The van der Waals surface area contributed by atoms with E-state index in [1.807, 2.05) is 30.3 Å². The molecule has 1 aliphatic rings. The number of sulfone groups is 1. The maximum absolute atomic E-state index is 12.0. The number of nitrogens with one attached hydrogen (secondary N) is 1. The number of amides is 1. The number of rotatable bonds is 7. The largest absolute Gasteiger partial charge is 0.354 e. The second kappa shape index (κ2) is 6.15. The molecule has 2 rings (SSSR count). The Balaban J connectivity index is 1.80.